The number of urea groups is 1. The highest BCUT2D eigenvalue weighted by Gasteiger charge is 2.36. The highest BCUT2D eigenvalue weighted by Crippen LogP contribution is 2.29. The molecular formula is C31H21BrClFN2O5. The third-order valence-electron chi connectivity index (χ3n) is 6.10. The number of halogens is 3. The molecule has 0 unspecified atom stereocenters. The van der Waals surface area contributed by atoms with Gasteiger partial charge in [0.25, 0.3) is 11.8 Å². The quantitative estimate of drug-likeness (QED) is 0.165. The molecule has 10 heteroatoms. The topological polar surface area (TPSA) is 84.9 Å². The average molecular weight is 636 g/mol. The summed E-state index contributed by atoms with van der Waals surface area (Å²) in [6, 6.07) is 23.9. The summed E-state index contributed by atoms with van der Waals surface area (Å²) >= 11 is 9.60. The summed E-state index contributed by atoms with van der Waals surface area (Å²) in [7, 11) is 0. The highest BCUT2D eigenvalue weighted by atomic mass is 79.9. The molecule has 1 heterocycles. The normalized spacial score (nSPS) is 14.3. The molecule has 206 valence electrons. The molecule has 1 N–H and O–H groups in total. The van der Waals surface area contributed by atoms with E-state index in [1.54, 1.807) is 60.7 Å². The van der Waals surface area contributed by atoms with Crippen LogP contribution >= 0.6 is 27.5 Å². The zero-order chi connectivity index (χ0) is 28.9. The maximum atomic E-state index is 13.4. The van der Waals surface area contributed by atoms with E-state index in [9.17, 15) is 18.8 Å². The maximum Gasteiger partial charge on any atom is 0.335 e. The van der Waals surface area contributed by atoms with E-state index in [4.69, 9.17) is 21.1 Å². The van der Waals surface area contributed by atoms with Crippen molar-refractivity contribution < 1.29 is 28.2 Å². The lowest BCUT2D eigenvalue weighted by molar-refractivity contribution is -0.122. The standard InChI is InChI=1S/C31H21BrClFN2O5/c32-26-16-19(8-13-28(26)41-17-20-4-3-6-22(34)14-20)15-25-29(37)35-31(39)36(30(25)38)23-9-11-24(12-10-23)40-18-21-5-1-2-7-27(21)33/h1-16H,17-18H2,(H,35,37,39)/b25-15+. The van der Waals surface area contributed by atoms with Crippen molar-refractivity contribution in [3.8, 4) is 11.5 Å². The molecule has 1 fully saturated rings. The lowest BCUT2D eigenvalue weighted by atomic mass is 10.1. The third-order valence-corrected chi connectivity index (χ3v) is 7.09. The van der Waals surface area contributed by atoms with Gasteiger partial charge in [0.15, 0.2) is 0 Å². The highest BCUT2D eigenvalue weighted by molar-refractivity contribution is 9.10. The number of carbonyl (C=O) groups excluding carboxylic acids is 3. The smallest absolute Gasteiger partial charge is 0.335 e. The van der Waals surface area contributed by atoms with E-state index in [1.807, 2.05) is 18.2 Å². The van der Waals surface area contributed by atoms with Crippen molar-refractivity contribution in [2.75, 3.05) is 4.90 Å². The van der Waals surface area contributed by atoms with Gasteiger partial charge >= 0.3 is 6.03 Å². The molecule has 0 spiro atoms. The number of barbiturate groups is 1. The molecule has 0 aliphatic carbocycles. The fourth-order valence-corrected chi connectivity index (χ4v) is 4.74. The van der Waals surface area contributed by atoms with Crippen molar-refractivity contribution in [3.05, 3.63) is 129 Å². The monoisotopic (exact) mass is 634 g/mol. The van der Waals surface area contributed by atoms with Crippen molar-refractivity contribution in [2.45, 2.75) is 13.2 Å². The molecule has 0 saturated carbocycles. The first-order valence-corrected chi connectivity index (χ1v) is 13.5. The Labute approximate surface area is 248 Å². The first-order chi connectivity index (χ1) is 19.8. The molecule has 7 nitrogen and oxygen atoms in total. The van der Waals surface area contributed by atoms with Gasteiger partial charge in [-0.05, 0) is 87.7 Å². The van der Waals surface area contributed by atoms with E-state index in [0.29, 0.717) is 32.1 Å². The summed E-state index contributed by atoms with van der Waals surface area (Å²) in [5.41, 5.74) is 2.04. The third kappa shape index (κ3) is 6.65. The molecule has 0 radical (unpaired) electrons. The van der Waals surface area contributed by atoms with Gasteiger partial charge in [-0.1, -0.05) is 48.0 Å². The molecule has 4 aromatic rings. The van der Waals surface area contributed by atoms with Crippen LogP contribution < -0.4 is 19.7 Å². The van der Waals surface area contributed by atoms with Gasteiger partial charge in [0.05, 0.1) is 10.2 Å². The molecule has 5 rings (SSSR count). The molecule has 1 aliphatic heterocycles. The van der Waals surface area contributed by atoms with E-state index < -0.39 is 17.8 Å². The first kappa shape index (κ1) is 28.1. The van der Waals surface area contributed by atoms with Crippen LogP contribution in [0.5, 0.6) is 11.5 Å². The number of imide groups is 2. The summed E-state index contributed by atoms with van der Waals surface area (Å²) in [4.78, 5) is 39.4. The van der Waals surface area contributed by atoms with Crippen LogP contribution in [0, 0.1) is 5.82 Å². The lowest BCUT2D eigenvalue weighted by Gasteiger charge is -2.26. The minimum atomic E-state index is -0.857. The minimum absolute atomic E-state index is 0.151. The average Bonchev–Trinajstić information content (AvgIpc) is 2.95. The summed E-state index contributed by atoms with van der Waals surface area (Å²) in [6.07, 6.45) is 1.39. The predicted octanol–water partition coefficient (Wildman–Crippen LogP) is 7.07. The van der Waals surface area contributed by atoms with Crippen molar-refractivity contribution >= 4 is 57.1 Å². The molecule has 41 heavy (non-hydrogen) atoms. The van der Waals surface area contributed by atoms with Crippen molar-refractivity contribution in [2.24, 2.45) is 0 Å². The number of nitrogens with zero attached hydrogens (tertiary/aromatic N) is 1. The van der Waals surface area contributed by atoms with Crippen LogP contribution in [0.4, 0.5) is 14.9 Å². The predicted molar refractivity (Wildman–Crippen MR) is 156 cm³/mol. The molecule has 1 aliphatic rings. The molecule has 4 aromatic carbocycles. The number of amides is 4. The number of rotatable bonds is 8. The SMILES string of the molecule is O=C1NC(=O)N(c2ccc(OCc3ccccc3Cl)cc2)C(=O)/C1=C/c1ccc(OCc2cccc(F)c2)c(Br)c1. The van der Waals surface area contributed by atoms with Crippen LogP contribution in [0.3, 0.4) is 0 Å². The fraction of sp³-hybridized carbons (Fsp3) is 0.0645. The Morgan fingerprint density at radius 1 is 0.878 bits per heavy atom. The van der Waals surface area contributed by atoms with Crippen LogP contribution in [-0.4, -0.2) is 17.8 Å². The van der Waals surface area contributed by atoms with Crippen LogP contribution in [0.1, 0.15) is 16.7 Å². The van der Waals surface area contributed by atoms with Crippen molar-refractivity contribution in [3.63, 3.8) is 0 Å². The molecule has 0 aromatic heterocycles. The molecule has 4 amide bonds. The number of hydrogen-bond acceptors (Lipinski definition) is 5. The molecular weight excluding hydrogens is 615 g/mol. The zero-order valence-corrected chi connectivity index (χ0v) is 23.6. The van der Waals surface area contributed by atoms with E-state index in [2.05, 4.69) is 21.2 Å². The van der Waals surface area contributed by atoms with Crippen molar-refractivity contribution in [1.29, 1.82) is 0 Å². The van der Waals surface area contributed by atoms with Gasteiger partial charge in [-0.3, -0.25) is 14.9 Å². The van der Waals surface area contributed by atoms with Crippen LogP contribution in [0.15, 0.2) is 101 Å². The lowest BCUT2D eigenvalue weighted by Crippen LogP contribution is -2.54. The number of nitrogens with one attached hydrogen (secondary N) is 1. The summed E-state index contributed by atoms with van der Waals surface area (Å²) in [5.74, 6) is -0.934. The molecule has 0 bridgehead atoms. The Morgan fingerprint density at radius 3 is 2.39 bits per heavy atom. The van der Waals surface area contributed by atoms with Crippen LogP contribution in [0.2, 0.25) is 5.02 Å². The number of carbonyl (C=O) groups is 3. The Hall–Kier alpha value is -4.47. The van der Waals surface area contributed by atoms with Gasteiger partial charge in [0.1, 0.15) is 36.1 Å². The van der Waals surface area contributed by atoms with E-state index in [-0.39, 0.29) is 30.3 Å². The van der Waals surface area contributed by atoms with E-state index in [1.165, 1.54) is 18.2 Å². The molecule has 0 atom stereocenters. The first-order valence-electron chi connectivity index (χ1n) is 12.3. The number of ether oxygens (including phenoxy) is 2. The van der Waals surface area contributed by atoms with Gasteiger partial charge in [0.2, 0.25) is 0 Å². The molecule has 1 saturated heterocycles. The van der Waals surface area contributed by atoms with Crippen LogP contribution in [-0.2, 0) is 22.8 Å². The van der Waals surface area contributed by atoms with Gasteiger partial charge in [-0.25, -0.2) is 14.1 Å². The summed E-state index contributed by atoms with van der Waals surface area (Å²) in [5, 5.41) is 2.80. The van der Waals surface area contributed by atoms with Crippen molar-refractivity contribution in [1.82, 2.24) is 5.32 Å². The Balaban J connectivity index is 1.29. The van der Waals surface area contributed by atoms with Gasteiger partial charge in [-0.2, -0.15) is 0 Å². The van der Waals surface area contributed by atoms with Gasteiger partial charge < -0.3 is 9.47 Å². The Bertz CT molecular complexity index is 1680. The van der Waals surface area contributed by atoms with Crippen LogP contribution in [0.25, 0.3) is 6.08 Å². The van der Waals surface area contributed by atoms with E-state index >= 15 is 0 Å². The fourth-order valence-electron chi connectivity index (χ4n) is 4.04. The van der Waals surface area contributed by atoms with E-state index in [0.717, 1.165) is 10.5 Å². The summed E-state index contributed by atoms with van der Waals surface area (Å²) < 4.78 is 25.5. The maximum absolute atomic E-state index is 13.4. The number of anilines is 1. The minimum Gasteiger partial charge on any atom is -0.489 e. The Kier molecular flexibility index (Phi) is 8.47. The number of hydrogen-bond donors (Lipinski definition) is 1. The second kappa shape index (κ2) is 12.4. The zero-order valence-electron chi connectivity index (χ0n) is 21.3. The summed E-state index contributed by atoms with van der Waals surface area (Å²) in [6.45, 7) is 0.395. The number of benzene rings is 4. The second-order valence-corrected chi connectivity index (χ2v) is 10.2. The second-order valence-electron chi connectivity index (χ2n) is 8.94. The largest absolute Gasteiger partial charge is 0.489 e. The van der Waals surface area contributed by atoms with Gasteiger partial charge in [-0.15, -0.1) is 0 Å². The van der Waals surface area contributed by atoms with Gasteiger partial charge in [0, 0.05) is 10.6 Å². The Morgan fingerprint density at radius 2 is 1.66 bits per heavy atom.